The van der Waals surface area contributed by atoms with Crippen LogP contribution >= 0.6 is 21.6 Å². The van der Waals surface area contributed by atoms with E-state index in [1.54, 1.807) is 68.4 Å². The van der Waals surface area contributed by atoms with Crippen molar-refractivity contribution in [2.45, 2.75) is 164 Å². The van der Waals surface area contributed by atoms with Crippen LogP contribution < -0.4 is 64.9 Å². The molecule has 0 aromatic heterocycles. The van der Waals surface area contributed by atoms with Crippen molar-refractivity contribution >= 4 is 86.6 Å². The van der Waals surface area contributed by atoms with E-state index in [0.717, 1.165) is 19.3 Å². The third-order valence-electron chi connectivity index (χ3n) is 13.8. The van der Waals surface area contributed by atoms with Crippen molar-refractivity contribution in [1.82, 2.24) is 42.1 Å². The lowest BCUT2D eigenvalue weighted by Gasteiger charge is -2.37. The van der Waals surface area contributed by atoms with Crippen molar-refractivity contribution in [3.05, 3.63) is 65.7 Å². The van der Waals surface area contributed by atoms with Gasteiger partial charge in [0.15, 0.2) is 5.96 Å². The molecule has 0 unspecified atom stereocenters. The Balaban J connectivity index is 1.52. The van der Waals surface area contributed by atoms with Gasteiger partial charge in [0.1, 0.15) is 48.0 Å². The molecule has 2 heterocycles. The van der Waals surface area contributed by atoms with E-state index in [1.807, 2.05) is 13.8 Å². The highest BCUT2D eigenvalue weighted by Gasteiger charge is 2.42. The van der Waals surface area contributed by atoms with Crippen LogP contribution in [0.4, 0.5) is 0 Å². The number of rotatable bonds is 19. The van der Waals surface area contributed by atoms with Gasteiger partial charge in [0, 0.05) is 42.9 Å². The number of carbonyl (C=O) groups excluding carboxylic acids is 10. The summed E-state index contributed by atoms with van der Waals surface area (Å²) in [6.07, 6.45) is 3.65. The number of nitrogens with zero attached hydrogens (tertiary/aromatic N) is 2. The molecule has 10 amide bonds. The van der Waals surface area contributed by atoms with Gasteiger partial charge in [0.2, 0.25) is 59.1 Å². The summed E-state index contributed by atoms with van der Waals surface area (Å²) in [5.41, 5.74) is 23.2. The molecular formula is C54H79N13O11S2. The molecule has 7 atom stereocenters. The molecule has 438 valence electrons. The lowest BCUT2D eigenvalue weighted by atomic mass is 9.85. The molecule has 0 bridgehead atoms. The summed E-state index contributed by atoms with van der Waals surface area (Å²) < 4.78 is 5.13. The minimum Gasteiger partial charge on any atom is -0.491 e. The Morgan fingerprint density at radius 2 is 1.38 bits per heavy atom. The van der Waals surface area contributed by atoms with Crippen LogP contribution in [0.2, 0.25) is 0 Å². The summed E-state index contributed by atoms with van der Waals surface area (Å²) in [6.45, 7) is 6.78. The molecule has 3 aliphatic rings. The van der Waals surface area contributed by atoms with E-state index in [9.17, 15) is 47.9 Å². The molecule has 1 aliphatic carbocycles. The number of benzene rings is 2. The highest BCUT2D eigenvalue weighted by molar-refractivity contribution is 8.77. The first kappa shape index (κ1) is 63.7. The molecule has 15 N–H and O–H groups in total. The maximum absolute atomic E-state index is 15.0. The zero-order valence-corrected chi connectivity index (χ0v) is 47.6. The molecule has 24 nitrogen and oxygen atoms in total. The second kappa shape index (κ2) is 31.1. The van der Waals surface area contributed by atoms with Crippen molar-refractivity contribution in [1.29, 1.82) is 0 Å². The zero-order valence-electron chi connectivity index (χ0n) is 45.9. The van der Waals surface area contributed by atoms with Gasteiger partial charge in [-0.05, 0) is 81.5 Å². The van der Waals surface area contributed by atoms with Gasteiger partial charge in [0.05, 0.1) is 19.1 Å². The summed E-state index contributed by atoms with van der Waals surface area (Å²) >= 11 is 0. The number of carbonyl (C=O) groups is 10. The number of primary amides is 2. The van der Waals surface area contributed by atoms with E-state index in [-0.39, 0.29) is 69.4 Å². The van der Waals surface area contributed by atoms with Crippen LogP contribution in [0.15, 0.2) is 59.6 Å². The molecule has 3 fully saturated rings. The fraction of sp³-hybridized carbons (Fsp3) is 0.574. The molecule has 2 aromatic carbocycles. The standard InChI is InChI=1S/C54H79N13O11S2/c1-31(2)45-51(76)64-39(27-42(55)68)48(73)65-40(52(77)67-24-12-16-41(67)50(75)62-36(15-11-23-59-53(57)58)46(71)60-29-43(56)69)30-79-80-54(21-9-6-10-22-54)28-44(70)61-37(26-34-17-19-35(20-18-34)78-32(3)4)47(72)63-38(49(74)66-45)25-33-13-7-5-8-14-33/h5,7-8,13-14,17-20,31-32,36-41,45H,6,9-12,15-16,21-30H2,1-4H3,(H2,55,68)(H2,56,69)(H,60,71)(H,61,70)(H,62,75)(H,63,72)(H,64,76)(H,65,73)(H,66,74)(H4,57,58,59)/t36-,37+,38+,39+,40+,41+,45+/m1/s1. The SMILES string of the molecule is CC(C)Oc1ccc(C[C@@H]2NC(=O)CC3(CCCCC3)SSC[C@@H](C(=O)N3CCC[C@H]3C(=O)N[C@H](CCCN=C(N)N)C(=O)NCC(N)=O)NC(=O)[C@H](CC(N)=O)NC(=O)[C@H](C(C)C)NC(=O)[C@H](Cc3ccccc3)NC2=O)cc1. The van der Waals surface area contributed by atoms with Gasteiger partial charge in [-0.15, -0.1) is 0 Å². The van der Waals surface area contributed by atoms with Gasteiger partial charge in [-0.2, -0.15) is 0 Å². The van der Waals surface area contributed by atoms with Gasteiger partial charge < -0.3 is 69.8 Å². The Kier molecular flexibility index (Phi) is 24.7. The van der Waals surface area contributed by atoms with Crippen LogP contribution in [0.3, 0.4) is 0 Å². The summed E-state index contributed by atoms with van der Waals surface area (Å²) in [6, 6.07) is 6.85. The number of nitrogens with two attached hydrogens (primary N) is 4. The summed E-state index contributed by atoms with van der Waals surface area (Å²) in [7, 11) is 2.59. The molecule has 2 aromatic rings. The smallest absolute Gasteiger partial charge is 0.246 e. The first-order valence-corrected chi connectivity index (χ1v) is 29.5. The van der Waals surface area contributed by atoms with Gasteiger partial charge in [0.25, 0.3) is 0 Å². The molecule has 2 saturated heterocycles. The Hall–Kier alpha value is -7.09. The van der Waals surface area contributed by atoms with Gasteiger partial charge >= 0.3 is 0 Å². The average molecular weight is 1150 g/mol. The third-order valence-corrected chi connectivity index (χ3v) is 17.1. The normalized spacial score (nSPS) is 22.8. The predicted octanol–water partition coefficient (Wildman–Crippen LogP) is -0.167. The summed E-state index contributed by atoms with van der Waals surface area (Å²) in [5.74, 6) is -7.89. The molecule has 1 spiro atoms. The Labute approximate surface area is 474 Å². The zero-order chi connectivity index (χ0) is 58.5. The summed E-state index contributed by atoms with van der Waals surface area (Å²) in [5, 5.41) is 19.0. The van der Waals surface area contributed by atoms with Gasteiger partial charge in [-0.1, -0.05) is 97.2 Å². The molecular weight excluding hydrogens is 1070 g/mol. The first-order valence-electron chi connectivity index (χ1n) is 27.1. The highest BCUT2D eigenvalue weighted by atomic mass is 33.1. The van der Waals surface area contributed by atoms with Crippen LogP contribution in [0, 0.1) is 5.92 Å². The number of amides is 10. The molecule has 1 saturated carbocycles. The van der Waals surface area contributed by atoms with Crippen molar-refractivity contribution in [2.75, 3.05) is 25.4 Å². The molecule has 2 aliphatic heterocycles. The second-order valence-electron chi connectivity index (χ2n) is 21.1. The van der Waals surface area contributed by atoms with Crippen LogP contribution in [-0.4, -0.2) is 148 Å². The minimum absolute atomic E-state index is 0.0149. The number of hydrogen-bond acceptors (Lipinski definition) is 14. The minimum atomic E-state index is -1.66. The lowest BCUT2D eigenvalue weighted by molar-refractivity contribution is -0.142. The van der Waals surface area contributed by atoms with E-state index in [0.29, 0.717) is 36.1 Å². The Bertz CT molecular complexity index is 2530. The van der Waals surface area contributed by atoms with Gasteiger partial charge in [-0.25, -0.2) is 0 Å². The highest BCUT2D eigenvalue weighted by Crippen LogP contribution is 2.48. The number of ether oxygens (including phenoxy) is 1. The quantitative estimate of drug-likeness (QED) is 0.0377. The Morgan fingerprint density at radius 1 is 0.750 bits per heavy atom. The number of hydrogen-bond donors (Lipinski definition) is 11. The first-order chi connectivity index (χ1) is 38.0. The van der Waals surface area contributed by atoms with Crippen LogP contribution in [0.1, 0.15) is 109 Å². The van der Waals surface area contributed by atoms with Crippen molar-refractivity contribution in [3.63, 3.8) is 0 Å². The number of guanidine groups is 1. The van der Waals surface area contributed by atoms with Crippen molar-refractivity contribution < 1.29 is 52.7 Å². The largest absolute Gasteiger partial charge is 0.491 e. The van der Waals surface area contributed by atoms with Crippen molar-refractivity contribution in [2.24, 2.45) is 33.8 Å². The van der Waals surface area contributed by atoms with Crippen LogP contribution in [-0.2, 0) is 60.8 Å². The molecule has 26 heteroatoms. The van der Waals surface area contributed by atoms with E-state index < -0.39 is 125 Å². The molecule has 0 radical (unpaired) electrons. The van der Waals surface area contributed by atoms with E-state index in [1.165, 1.54) is 26.5 Å². The number of nitrogens with one attached hydrogen (secondary N) is 7. The monoisotopic (exact) mass is 1150 g/mol. The van der Waals surface area contributed by atoms with Crippen LogP contribution in [0.25, 0.3) is 0 Å². The van der Waals surface area contributed by atoms with E-state index in [2.05, 4.69) is 42.2 Å². The average Bonchev–Trinajstić information content (AvgIpc) is 3.90. The maximum atomic E-state index is 15.0. The van der Waals surface area contributed by atoms with E-state index in [4.69, 9.17) is 27.7 Å². The predicted molar refractivity (Wildman–Crippen MR) is 304 cm³/mol. The van der Waals surface area contributed by atoms with E-state index >= 15 is 0 Å². The fourth-order valence-corrected chi connectivity index (χ4v) is 13.1. The van der Waals surface area contributed by atoms with Gasteiger partial charge in [-0.3, -0.25) is 52.9 Å². The van der Waals surface area contributed by atoms with Crippen LogP contribution in [0.5, 0.6) is 5.75 Å². The molecule has 5 rings (SSSR count). The third kappa shape index (κ3) is 20.2. The maximum Gasteiger partial charge on any atom is 0.246 e. The fourth-order valence-electron chi connectivity index (χ4n) is 9.75. The molecule has 80 heavy (non-hydrogen) atoms. The Morgan fingerprint density at radius 3 is 2.00 bits per heavy atom. The number of likely N-dealkylation sites (tertiary alicyclic amines) is 1. The lowest BCUT2D eigenvalue weighted by Crippen LogP contribution is -2.61. The summed E-state index contributed by atoms with van der Waals surface area (Å²) in [4.78, 5) is 144. The number of aliphatic imine (C=N–C) groups is 1. The second-order valence-corrected chi connectivity index (χ2v) is 23.9. The van der Waals surface area contributed by atoms with Crippen molar-refractivity contribution in [3.8, 4) is 5.75 Å². The topological polar surface area (TPSA) is 384 Å².